The number of amides is 1. The molecular weight excluding hydrogens is 322 g/mol. The zero-order chi connectivity index (χ0) is 18.3. The van der Waals surface area contributed by atoms with Gasteiger partial charge in [-0.25, -0.2) is 4.98 Å². The van der Waals surface area contributed by atoms with Crippen molar-refractivity contribution in [2.45, 2.75) is 51.6 Å². The number of benzene rings is 1. The van der Waals surface area contributed by atoms with E-state index in [2.05, 4.69) is 42.3 Å². The molecule has 2 heterocycles. The number of carbonyl (C=O) groups is 1. The number of nitrogens with zero attached hydrogens (tertiary/aromatic N) is 3. The van der Waals surface area contributed by atoms with Crippen molar-refractivity contribution in [1.82, 2.24) is 14.3 Å². The molecule has 1 aromatic carbocycles. The fourth-order valence-corrected chi connectivity index (χ4v) is 3.31. The van der Waals surface area contributed by atoms with Gasteiger partial charge in [0.05, 0.1) is 18.4 Å². The lowest BCUT2D eigenvalue weighted by molar-refractivity contribution is 0.0727. The van der Waals surface area contributed by atoms with Crippen molar-refractivity contribution >= 4 is 11.6 Å². The van der Waals surface area contributed by atoms with Gasteiger partial charge in [-0.05, 0) is 48.1 Å². The smallest absolute Gasteiger partial charge is 0.254 e. The second kappa shape index (κ2) is 6.27. The lowest BCUT2D eigenvalue weighted by atomic mass is 9.86. The summed E-state index contributed by atoms with van der Waals surface area (Å²) in [6.07, 6.45) is 6.05. The summed E-state index contributed by atoms with van der Waals surface area (Å²) in [7, 11) is 0. The zero-order valence-electron chi connectivity index (χ0n) is 15.6. The number of hydrogen-bond donors (Lipinski definition) is 0. The molecule has 0 saturated heterocycles. The highest BCUT2D eigenvalue weighted by atomic mass is 16.2. The van der Waals surface area contributed by atoms with Crippen molar-refractivity contribution in [2.75, 3.05) is 0 Å². The molecule has 134 valence electrons. The van der Waals surface area contributed by atoms with Gasteiger partial charge in [0, 0.05) is 17.8 Å². The standard InChI is InChI=1S/C22H25N3O/c1-22(2,3)17-9-7-16(8-10-17)21(26)25(18-11-12-18)15-19-14-23-20-6-4-5-13-24(19)20/h4-10,13-14,18H,11-12,15H2,1-3H3. The molecule has 1 fully saturated rings. The Morgan fingerprint density at radius 1 is 1.15 bits per heavy atom. The Bertz CT molecular complexity index is 930. The molecule has 0 N–H and O–H groups in total. The third kappa shape index (κ3) is 3.24. The Kier molecular flexibility index (Phi) is 4.06. The van der Waals surface area contributed by atoms with Crippen LogP contribution in [0.15, 0.2) is 54.9 Å². The Hall–Kier alpha value is -2.62. The second-order valence-corrected chi connectivity index (χ2v) is 8.17. The predicted octanol–water partition coefficient (Wildman–Crippen LogP) is 4.44. The molecule has 1 amide bonds. The molecule has 3 aromatic rings. The van der Waals surface area contributed by atoms with E-state index in [9.17, 15) is 4.79 Å². The van der Waals surface area contributed by atoms with Crippen LogP contribution in [-0.4, -0.2) is 26.2 Å². The summed E-state index contributed by atoms with van der Waals surface area (Å²) in [4.78, 5) is 19.6. The van der Waals surface area contributed by atoms with E-state index in [-0.39, 0.29) is 11.3 Å². The zero-order valence-corrected chi connectivity index (χ0v) is 15.6. The van der Waals surface area contributed by atoms with E-state index in [4.69, 9.17) is 0 Å². The average molecular weight is 347 g/mol. The van der Waals surface area contributed by atoms with E-state index >= 15 is 0 Å². The Labute approximate surface area is 154 Å². The van der Waals surface area contributed by atoms with Crippen molar-refractivity contribution in [2.24, 2.45) is 0 Å². The van der Waals surface area contributed by atoms with Gasteiger partial charge in [-0.1, -0.05) is 39.0 Å². The number of imidazole rings is 1. The first-order valence-electron chi connectivity index (χ1n) is 9.26. The van der Waals surface area contributed by atoms with Crippen LogP contribution in [0.3, 0.4) is 0 Å². The first-order valence-corrected chi connectivity index (χ1v) is 9.26. The first kappa shape index (κ1) is 16.8. The Balaban J connectivity index is 1.59. The molecule has 1 saturated carbocycles. The molecule has 4 rings (SSSR count). The number of pyridine rings is 1. The molecule has 4 heteroatoms. The van der Waals surface area contributed by atoms with Crippen LogP contribution in [0.1, 0.15) is 55.2 Å². The minimum Gasteiger partial charge on any atom is -0.330 e. The Morgan fingerprint density at radius 3 is 2.54 bits per heavy atom. The summed E-state index contributed by atoms with van der Waals surface area (Å²) < 4.78 is 2.06. The second-order valence-electron chi connectivity index (χ2n) is 8.17. The van der Waals surface area contributed by atoms with Gasteiger partial charge < -0.3 is 9.30 Å². The number of rotatable bonds is 4. The number of aromatic nitrogens is 2. The van der Waals surface area contributed by atoms with E-state index in [0.717, 1.165) is 29.7 Å². The third-order valence-electron chi connectivity index (χ3n) is 5.07. The fraction of sp³-hybridized carbons (Fsp3) is 0.364. The lowest BCUT2D eigenvalue weighted by Crippen LogP contribution is -2.33. The maximum absolute atomic E-state index is 13.1. The molecule has 2 aromatic heterocycles. The number of carbonyl (C=O) groups excluding carboxylic acids is 1. The topological polar surface area (TPSA) is 37.6 Å². The first-order chi connectivity index (χ1) is 12.4. The van der Waals surface area contributed by atoms with Gasteiger partial charge in [0.1, 0.15) is 5.65 Å². The molecule has 0 atom stereocenters. The van der Waals surface area contributed by atoms with Crippen molar-refractivity contribution < 1.29 is 4.79 Å². The molecule has 0 bridgehead atoms. The van der Waals surface area contributed by atoms with E-state index in [1.165, 1.54) is 5.56 Å². The van der Waals surface area contributed by atoms with Crippen molar-refractivity contribution in [3.05, 3.63) is 71.7 Å². The molecule has 0 radical (unpaired) electrons. The third-order valence-corrected chi connectivity index (χ3v) is 5.07. The quantitative estimate of drug-likeness (QED) is 0.700. The van der Waals surface area contributed by atoms with E-state index < -0.39 is 0 Å². The molecule has 4 nitrogen and oxygen atoms in total. The summed E-state index contributed by atoms with van der Waals surface area (Å²) in [5.41, 5.74) is 4.06. The molecule has 0 unspecified atom stereocenters. The summed E-state index contributed by atoms with van der Waals surface area (Å²) in [6, 6.07) is 14.4. The van der Waals surface area contributed by atoms with Crippen LogP contribution in [0.2, 0.25) is 0 Å². The summed E-state index contributed by atoms with van der Waals surface area (Å²) >= 11 is 0. The van der Waals surface area contributed by atoms with Gasteiger partial charge in [0.15, 0.2) is 0 Å². The summed E-state index contributed by atoms with van der Waals surface area (Å²) in [6.45, 7) is 7.15. The highest BCUT2D eigenvalue weighted by molar-refractivity contribution is 5.94. The molecule has 0 spiro atoms. The molecule has 1 aliphatic carbocycles. The van der Waals surface area contributed by atoms with E-state index in [1.807, 2.05) is 47.6 Å². The highest BCUT2D eigenvalue weighted by Crippen LogP contribution is 2.30. The van der Waals surface area contributed by atoms with Gasteiger partial charge in [-0.2, -0.15) is 0 Å². The summed E-state index contributed by atoms with van der Waals surface area (Å²) in [5.74, 6) is 0.110. The minimum absolute atomic E-state index is 0.0915. The Morgan fingerprint density at radius 2 is 1.88 bits per heavy atom. The van der Waals surface area contributed by atoms with E-state index in [0.29, 0.717) is 12.6 Å². The molecular formula is C22H25N3O. The SMILES string of the molecule is CC(C)(C)c1ccc(C(=O)N(Cc2cnc3ccccn23)C2CC2)cc1. The predicted molar refractivity (Wildman–Crippen MR) is 103 cm³/mol. The normalized spacial score (nSPS) is 14.6. The van der Waals surface area contributed by atoms with Crippen LogP contribution in [0.25, 0.3) is 5.65 Å². The number of fused-ring (bicyclic) bond motifs is 1. The van der Waals surface area contributed by atoms with Crippen molar-refractivity contribution in [3.8, 4) is 0 Å². The average Bonchev–Trinajstić information content (AvgIpc) is 3.39. The van der Waals surface area contributed by atoms with Crippen LogP contribution < -0.4 is 0 Å². The number of hydrogen-bond acceptors (Lipinski definition) is 2. The van der Waals surface area contributed by atoms with Crippen LogP contribution in [0.4, 0.5) is 0 Å². The van der Waals surface area contributed by atoms with Crippen molar-refractivity contribution in [3.63, 3.8) is 0 Å². The van der Waals surface area contributed by atoms with Gasteiger partial charge in [0.25, 0.3) is 5.91 Å². The summed E-state index contributed by atoms with van der Waals surface area (Å²) in [5, 5.41) is 0. The van der Waals surface area contributed by atoms with Gasteiger partial charge in [0.2, 0.25) is 0 Å². The largest absolute Gasteiger partial charge is 0.330 e. The van der Waals surface area contributed by atoms with Crippen LogP contribution in [-0.2, 0) is 12.0 Å². The molecule has 1 aliphatic rings. The lowest BCUT2D eigenvalue weighted by Gasteiger charge is -2.23. The van der Waals surface area contributed by atoms with Crippen LogP contribution in [0, 0.1) is 0 Å². The van der Waals surface area contributed by atoms with Crippen molar-refractivity contribution in [1.29, 1.82) is 0 Å². The fourth-order valence-electron chi connectivity index (χ4n) is 3.31. The van der Waals surface area contributed by atoms with Crippen LogP contribution >= 0.6 is 0 Å². The molecule has 26 heavy (non-hydrogen) atoms. The molecule has 0 aliphatic heterocycles. The van der Waals surface area contributed by atoms with Gasteiger partial charge in [-0.3, -0.25) is 4.79 Å². The van der Waals surface area contributed by atoms with Gasteiger partial charge in [-0.15, -0.1) is 0 Å². The van der Waals surface area contributed by atoms with Crippen LogP contribution in [0.5, 0.6) is 0 Å². The maximum Gasteiger partial charge on any atom is 0.254 e. The monoisotopic (exact) mass is 347 g/mol. The highest BCUT2D eigenvalue weighted by Gasteiger charge is 2.33. The van der Waals surface area contributed by atoms with Gasteiger partial charge >= 0.3 is 0 Å². The minimum atomic E-state index is 0.0915. The van der Waals surface area contributed by atoms with E-state index in [1.54, 1.807) is 0 Å². The maximum atomic E-state index is 13.1.